The topological polar surface area (TPSA) is 21.3 Å². The molecule has 102 valence electrons. The van der Waals surface area contributed by atoms with E-state index in [-0.39, 0.29) is 6.10 Å². The third-order valence-electron chi connectivity index (χ3n) is 2.84. The van der Waals surface area contributed by atoms with Gasteiger partial charge < -0.3 is 10.1 Å². The van der Waals surface area contributed by atoms with Crippen LogP contribution in [0.1, 0.15) is 39.2 Å². The van der Waals surface area contributed by atoms with Gasteiger partial charge in [-0.25, -0.2) is 0 Å². The lowest BCUT2D eigenvalue weighted by Crippen LogP contribution is -2.22. The average molecular weight is 249 g/mol. The van der Waals surface area contributed by atoms with E-state index >= 15 is 0 Å². The Bertz CT molecular complexity index is 336. The molecule has 0 heterocycles. The van der Waals surface area contributed by atoms with E-state index in [1.165, 1.54) is 12.0 Å². The number of rotatable bonds is 8. The van der Waals surface area contributed by atoms with Gasteiger partial charge in [0.2, 0.25) is 0 Å². The van der Waals surface area contributed by atoms with E-state index in [2.05, 4.69) is 45.1 Å². The van der Waals surface area contributed by atoms with E-state index in [9.17, 15) is 0 Å². The molecule has 1 aromatic rings. The van der Waals surface area contributed by atoms with Crippen LogP contribution in [0.2, 0.25) is 0 Å². The molecule has 1 N–H and O–H groups in total. The fraction of sp³-hybridized carbons (Fsp3) is 0.625. The van der Waals surface area contributed by atoms with Crippen LogP contribution < -0.4 is 10.1 Å². The lowest BCUT2D eigenvalue weighted by molar-refractivity contribution is 0.207. The Morgan fingerprint density at radius 1 is 1.22 bits per heavy atom. The van der Waals surface area contributed by atoms with Crippen LogP contribution in [0, 0.1) is 12.8 Å². The van der Waals surface area contributed by atoms with Crippen LogP contribution in [-0.4, -0.2) is 19.2 Å². The van der Waals surface area contributed by atoms with Crippen molar-refractivity contribution in [2.45, 2.75) is 46.6 Å². The molecule has 0 aliphatic heterocycles. The van der Waals surface area contributed by atoms with Crippen LogP contribution in [0.3, 0.4) is 0 Å². The average Bonchev–Trinajstić information content (AvgIpc) is 2.28. The van der Waals surface area contributed by atoms with Gasteiger partial charge in [-0.15, -0.1) is 0 Å². The molecule has 1 aromatic carbocycles. The lowest BCUT2D eigenvalue weighted by atomic mass is 10.2. The number of benzene rings is 1. The molecule has 18 heavy (non-hydrogen) atoms. The Labute approximate surface area is 112 Å². The van der Waals surface area contributed by atoms with Gasteiger partial charge in [-0.2, -0.15) is 0 Å². The van der Waals surface area contributed by atoms with Crippen molar-refractivity contribution < 1.29 is 4.74 Å². The van der Waals surface area contributed by atoms with Crippen molar-refractivity contribution in [3.05, 3.63) is 29.8 Å². The highest BCUT2D eigenvalue weighted by Crippen LogP contribution is 2.15. The van der Waals surface area contributed by atoms with E-state index in [1.807, 2.05) is 12.1 Å². The molecule has 1 rings (SSSR count). The summed E-state index contributed by atoms with van der Waals surface area (Å²) in [5, 5.41) is 3.46. The number of ether oxygens (including phenoxy) is 1. The van der Waals surface area contributed by atoms with Gasteiger partial charge in [0.05, 0.1) is 6.10 Å². The normalized spacial score (nSPS) is 12.7. The summed E-state index contributed by atoms with van der Waals surface area (Å²) in [7, 11) is 0. The second-order valence-corrected chi connectivity index (χ2v) is 5.49. The van der Waals surface area contributed by atoms with Crippen LogP contribution in [0.4, 0.5) is 0 Å². The monoisotopic (exact) mass is 249 g/mol. The van der Waals surface area contributed by atoms with Crippen LogP contribution in [0.25, 0.3) is 0 Å². The van der Waals surface area contributed by atoms with Crippen molar-refractivity contribution in [1.82, 2.24) is 5.32 Å². The molecule has 0 aliphatic carbocycles. The number of hydrogen-bond donors (Lipinski definition) is 1. The zero-order chi connectivity index (χ0) is 13.4. The summed E-state index contributed by atoms with van der Waals surface area (Å²) in [6.45, 7) is 10.9. The van der Waals surface area contributed by atoms with Crippen LogP contribution in [0.15, 0.2) is 24.3 Å². The van der Waals surface area contributed by atoms with Gasteiger partial charge in [-0.3, -0.25) is 0 Å². The summed E-state index contributed by atoms with van der Waals surface area (Å²) in [5.41, 5.74) is 1.25. The first-order valence-corrected chi connectivity index (χ1v) is 7.02. The van der Waals surface area contributed by atoms with Crippen molar-refractivity contribution in [3.63, 3.8) is 0 Å². The zero-order valence-electron chi connectivity index (χ0n) is 12.2. The highest BCUT2D eigenvalue weighted by Gasteiger charge is 2.04. The summed E-state index contributed by atoms with van der Waals surface area (Å²) >= 11 is 0. The molecule has 0 bridgehead atoms. The molecule has 0 saturated carbocycles. The maximum atomic E-state index is 5.90. The molecule has 2 heteroatoms. The summed E-state index contributed by atoms with van der Waals surface area (Å²) < 4.78 is 5.90. The molecular weight excluding hydrogens is 222 g/mol. The molecular formula is C16H27NO. The first kappa shape index (κ1) is 15.0. The van der Waals surface area contributed by atoms with E-state index < -0.39 is 0 Å². The fourth-order valence-electron chi connectivity index (χ4n) is 1.89. The molecule has 0 aliphatic rings. The lowest BCUT2D eigenvalue weighted by Gasteiger charge is -2.15. The molecule has 0 aromatic heterocycles. The van der Waals surface area contributed by atoms with Gasteiger partial charge in [-0.1, -0.05) is 26.0 Å². The quantitative estimate of drug-likeness (QED) is 0.708. The van der Waals surface area contributed by atoms with Crippen molar-refractivity contribution in [3.8, 4) is 5.75 Å². The summed E-state index contributed by atoms with van der Waals surface area (Å²) in [6.07, 6.45) is 2.55. The minimum atomic E-state index is 0.285. The van der Waals surface area contributed by atoms with Crippen molar-refractivity contribution in [2.75, 3.05) is 13.1 Å². The maximum absolute atomic E-state index is 5.90. The molecule has 1 unspecified atom stereocenters. The zero-order valence-corrected chi connectivity index (χ0v) is 12.2. The van der Waals surface area contributed by atoms with Crippen molar-refractivity contribution >= 4 is 0 Å². The number of hydrogen-bond acceptors (Lipinski definition) is 2. The van der Waals surface area contributed by atoms with Gasteiger partial charge in [0.1, 0.15) is 5.75 Å². The molecule has 2 nitrogen and oxygen atoms in total. The molecule has 0 saturated heterocycles. The number of aryl methyl sites for hydroxylation is 1. The second kappa shape index (κ2) is 8.15. The van der Waals surface area contributed by atoms with Crippen molar-refractivity contribution in [1.29, 1.82) is 0 Å². The van der Waals surface area contributed by atoms with E-state index in [0.717, 1.165) is 31.2 Å². The third-order valence-corrected chi connectivity index (χ3v) is 2.84. The number of nitrogens with one attached hydrogen (secondary N) is 1. The van der Waals surface area contributed by atoms with Gasteiger partial charge in [-0.05, 0) is 63.4 Å². The Morgan fingerprint density at radius 2 is 2.00 bits per heavy atom. The fourth-order valence-corrected chi connectivity index (χ4v) is 1.89. The van der Waals surface area contributed by atoms with E-state index in [1.54, 1.807) is 0 Å². The van der Waals surface area contributed by atoms with E-state index in [0.29, 0.717) is 0 Å². The first-order chi connectivity index (χ1) is 8.58. The van der Waals surface area contributed by atoms with Gasteiger partial charge in [0.25, 0.3) is 0 Å². The van der Waals surface area contributed by atoms with Gasteiger partial charge >= 0.3 is 0 Å². The molecule has 0 spiro atoms. The molecule has 0 amide bonds. The predicted octanol–water partition coefficient (Wildman–Crippen LogP) is 3.79. The highest BCUT2D eigenvalue weighted by atomic mass is 16.5. The van der Waals surface area contributed by atoms with Crippen LogP contribution in [-0.2, 0) is 0 Å². The smallest absolute Gasteiger partial charge is 0.119 e. The van der Waals surface area contributed by atoms with Crippen LogP contribution in [0.5, 0.6) is 5.75 Å². The standard InChI is InChI=1S/C16H27NO/c1-13(2)12-17-10-6-8-15(4)18-16-9-5-7-14(3)11-16/h5,7,9,11,13,15,17H,6,8,10,12H2,1-4H3. The minimum absolute atomic E-state index is 0.285. The summed E-state index contributed by atoms with van der Waals surface area (Å²) in [5.74, 6) is 1.71. The summed E-state index contributed by atoms with van der Waals surface area (Å²) in [4.78, 5) is 0. The van der Waals surface area contributed by atoms with Crippen molar-refractivity contribution in [2.24, 2.45) is 5.92 Å². The molecule has 1 atom stereocenters. The predicted molar refractivity (Wildman–Crippen MR) is 78.2 cm³/mol. The highest BCUT2D eigenvalue weighted by molar-refractivity contribution is 5.27. The SMILES string of the molecule is Cc1cccc(OC(C)CCCNCC(C)C)c1. The Kier molecular flexibility index (Phi) is 6.81. The second-order valence-electron chi connectivity index (χ2n) is 5.49. The minimum Gasteiger partial charge on any atom is -0.491 e. The Balaban J connectivity index is 2.16. The molecule has 0 radical (unpaired) electrons. The Morgan fingerprint density at radius 3 is 2.67 bits per heavy atom. The van der Waals surface area contributed by atoms with Crippen LogP contribution >= 0.6 is 0 Å². The third kappa shape index (κ3) is 6.65. The van der Waals surface area contributed by atoms with Gasteiger partial charge in [0.15, 0.2) is 0 Å². The Hall–Kier alpha value is -1.02. The first-order valence-electron chi connectivity index (χ1n) is 7.02. The largest absolute Gasteiger partial charge is 0.491 e. The van der Waals surface area contributed by atoms with E-state index in [4.69, 9.17) is 4.74 Å². The summed E-state index contributed by atoms with van der Waals surface area (Å²) in [6, 6.07) is 8.25. The molecule has 0 fully saturated rings. The van der Waals surface area contributed by atoms with Gasteiger partial charge in [0, 0.05) is 0 Å². The maximum Gasteiger partial charge on any atom is 0.119 e.